The second-order valence-electron chi connectivity index (χ2n) is 7.80. The van der Waals surface area contributed by atoms with Gasteiger partial charge in [-0.15, -0.1) is 0 Å². The average Bonchev–Trinajstić information content (AvgIpc) is 3.13. The predicted molar refractivity (Wildman–Crippen MR) is 112 cm³/mol. The second kappa shape index (κ2) is 8.73. The lowest BCUT2D eigenvalue weighted by molar-refractivity contribution is 0.0583. The molecule has 0 saturated carbocycles. The van der Waals surface area contributed by atoms with Crippen molar-refractivity contribution in [1.29, 1.82) is 0 Å². The van der Waals surface area contributed by atoms with Gasteiger partial charge in [-0.25, -0.2) is 12.8 Å². The first-order chi connectivity index (χ1) is 14.4. The highest BCUT2D eigenvalue weighted by Crippen LogP contribution is 2.24. The molecule has 0 spiro atoms. The number of carbonyl (C=O) groups excluding carboxylic acids is 1. The van der Waals surface area contributed by atoms with Crippen LogP contribution in [-0.4, -0.2) is 67.9 Å². The van der Waals surface area contributed by atoms with E-state index < -0.39 is 9.84 Å². The third kappa shape index (κ3) is 4.82. The van der Waals surface area contributed by atoms with E-state index in [1.165, 1.54) is 12.1 Å². The van der Waals surface area contributed by atoms with Gasteiger partial charge in [0.05, 0.1) is 17.1 Å². The Labute approximate surface area is 176 Å². The Morgan fingerprint density at radius 2 is 1.73 bits per heavy atom. The largest absolute Gasteiger partial charge is 0.488 e. The molecule has 30 heavy (non-hydrogen) atoms. The van der Waals surface area contributed by atoms with Crippen LogP contribution in [0.4, 0.5) is 4.39 Å². The Morgan fingerprint density at radius 3 is 2.40 bits per heavy atom. The molecular weight excluding hydrogens is 407 g/mol. The van der Waals surface area contributed by atoms with Crippen molar-refractivity contribution >= 4 is 15.7 Å². The molecule has 8 heteroatoms. The van der Waals surface area contributed by atoms with E-state index in [-0.39, 0.29) is 35.9 Å². The van der Waals surface area contributed by atoms with E-state index in [0.717, 1.165) is 5.56 Å². The highest BCUT2D eigenvalue weighted by atomic mass is 32.2. The molecule has 1 unspecified atom stereocenters. The molecule has 2 aliphatic heterocycles. The second-order valence-corrected chi connectivity index (χ2v) is 10.0. The van der Waals surface area contributed by atoms with Crippen molar-refractivity contribution in [1.82, 2.24) is 9.80 Å². The number of hydrogen-bond acceptors (Lipinski definition) is 5. The first kappa shape index (κ1) is 20.8. The van der Waals surface area contributed by atoms with Crippen LogP contribution in [-0.2, 0) is 16.4 Å². The number of nitrogens with zero attached hydrogens (tertiary/aromatic N) is 2. The Bertz CT molecular complexity index is 1000. The van der Waals surface area contributed by atoms with Gasteiger partial charge >= 0.3 is 0 Å². The van der Waals surface area contributed by atoms with Gasteiger partial charge in [-0.3, -0.25) is 9.69 Å². The van der Waals surface area contributed by atoms with Gasteiger partial charge in [-0.2, -0.15) is 0 Å². The van der Waals surface area contributed by atoms with Crippen LogP contribution in [0, 0.1) is 5.82 Å². The predicted octanol–water partition coefficient (Wildman–Crippen LogP) is 2.35. The maximum Gasteiger partial charge on any atom is 0.257 e. The fourth-order valence-electron chi connectivity index (χ4n) is 4.03. The number of hydrogen-bond donors (Lipinski definition) is 0. The van der Waals surface area contributed by atoms with Gasteiger partial charge in [0.25, 0.3) is 5.91 Å². The SMILES string of the molecule is O=C(c1ccccc1OCc1ccc(F)cc1)N1CCN(C2CCS(=O)(=O)C2)CC1. The standard InChI is InChI=1S/C22H25FN2O4S/c23-18-7-5-17(6-8-18)15-29-21-4-2-1-3-20(21)22(26)25-12-10-24(11-13-25)19-9-14-30(27,28)16-19/h1-8,19H,9-16H2. The van der Waals surface area contributed by atoms with E-state index in [2.05, 4.69) is 4.90 Å². The first-order valence-corrected chi connectivity index (χ1v) is 11.9. The van der Waals surface area contributed by atoms with Crippen LogP contribution in [0.15, 0.2) is 48.5 Å². The van der Waals surface area contributed by atoms with Crippen molar-refractivity contribution in [3.63, 3.8) is 0 Å². The molecule has 0 aromatic heterocycles. The number of halogens is 1. The Kier molecular flexibility index (Phi) is 6.06. The summed E-state index contributed by atoms with van der Waals surface area (Å²) >= 11 is 0. The molecular formula is C22H25FN2O4S. The van der Waals surface area contributed by atoms with Crippen molar-refractivity contribution in [3.8, 4) is 5.75 Å². The van der Waals surface area contributed by atoms with Crippen molar-refractivity contribution in [3.05, 3.63) is 65.5 Å². The Morgan fingerprint density at radius 1 is 1.03 bits per heavy atom. The Hall–Kier alpha value is -2.45. The van der Waals surface area contributed by atoms with Crippen LogP contribution in [0.3, 0.4) is 0 Å². The van der Waals surface area contributed by atoms with Gasteiger partial charge < -0.3 is 9.64 Å². The molecule has 2 fully saturated rings. The zero-order valence-corrected chi connectivity index (χ0v) is 17.5. The van der Waals surface area contributed by atoms with Gasteiger partial charge in [-0.1, -0.05) is 24.3 Å². The maximum absolute atomic E-state index is 13.1. The van der Waals surface area contributed by atoms with Crippen molar-refractivity contribution in [2.45, 2.75) is 19.1 Å². The summed E-state index contributed by atoms with van der Waals surface area (Å²) in [5.41, 5.74) is 1.32. The minimum Gasteiger partial charge on any atom is -0.488 e. The third-order valence-electron chi connectivity index (χ3n) is 5.75. The summed E-state index contributed by atoms with van der Waals surface area (Å²) in [7, 11) is -2.91. The quantitative estimate of drug-likeness (QED) is 0.726. The average molecular weight is 433 g/mol. The van der Waals surface area contributed by atoms with Crippen LogP contribution < -0.4 is 4.74 Å². The number of rotatable bonds is 5. The lowest BCUT2D eigenvalue weighted by Crippen LogP contribution is -2.52. The van der Waals surface area contributed by atoms with Gasteiger partial charge in [0.2, 0.25) is 0 Å². The highest BCUT2D eigenvalue weighted by molar-refractivity contribution is 7.91. The molecule has 0 radical (unpaired) electrons. The van der Waals surface area contributed by atoms with Gasteiger partial charge in [0, 0.05) is 32.2 Å². The smallest absolute Gasteiger partial charge is 0.257 e. The molecule has 0 aliphatic carbocycles. The third-order valence-corrected chi connectivity index (χ3v) is 7.50. The molecule has 2 aromatic carbocycles. The lowest BCUT2D eigenvalue weighted by Gasteiger charge is -2.37. The fourth-order valence-corrected chi connectivity index (χ4v) is 5.80. The van der Waals surface area contributed by atoms with Crippen molar-refractivity contribution in [2.75, 3.05) is 37.7 Å². The zero-order chi connectivity index (χ0) is 21.1. The van der Waals surface area contributed by atoms with E-state index >= 15 is 0 Å². The summed E-state index contributed by atoms with van der Waals surface area (Å²) in [6, 6.07) is 13.3. The highest BCUT2D eigenvalue weighted by Gasteiger charge is 2.34. The monoisotopic (exact) mass is 432 g/mol. The molecule has 2 saturated heterocycles. The minimum absolute atomic E-state index is 0.0681. The molecule has 4 rings (SSSR count). The normalized spacial score (nSPS) is 21.5. The van der Waals surface area contributed by atoms with E-state index in [1.54, 1.807) is 35.2 Å². The van der Waals surface area contributed by atoms with Crippen LogP contribution in [0.5, 0.6) is 5.75 Å². The number of piperazine rings is 1. The van der Waals surface area contributed by atoms with E-state index in [1.807, 2.05) is 6.07 Å². The molecule has 6 nitrogen and oxygen atoms in total. The first-order valence-electron chi connectivity index (χ1n) is 10.1. The molecule has 160 valence electrons. The van der Waals surface area contributed by atoms with Gasteiger partial charge in [-0.05, 0) is 36.2 Å². The number of sulfone groups is 1. The number of amides is 1. The van der Waals surface area contributed by atoms with Gasteiger partial charge in [0.15, 0.2) is 9.84 Å². The maximum atomic E-state index is 13.1. The summed E-state index contributed by atoms with van der Waals surface area (Å²) in [6.45, 7) is 2.70. The van der Waals surface area contributed by atoms with E-state index in [9.17, 15) is 17.6 Å². The van der Waals surface area contributed by atoms with Gasteiger partial charge in [0.1, 0.15) is 18.2 Å². The van der Waals surface area contributed by atoms with Crippen molar-refractivity contribution in [2.24, 2.45) is 0 Å². The summed E-state index contributed by atoms with van der Waals surface area (Å²) in [6.07, 6.45) is 0.677. The fraction of sp³-hybridized carbons (Fsp3) is 0.409. The number of carbonyl (C=O) groups is 1. The lowest BCUT2D eigenvalue weighted by atomic mass is 10.1. The molecule has 1 atom stereocenters. The molecule has 0 N–H and O–H groups in total. The van der Waals surface area contributed by atoms with Crippen LogP contribution in [0.1, 0.15) is 22.3 Å². The number of ether oxygens (including phenoxy) is 1. The minimum atomic E-state index is -2.91. The van der Waals surface area contributed by atoms with Crippen LogP contribution >= 0.6 is 0 Å². The van der Waals surface area contributed by atoms with Crippen LogP contribution in [0.2, 0.25) is 0 Å². The summed E-state index contributed by atoms with van der Waals surface area (Å²) < 4.78 is 42.4. The molecule has 0 bridgehead atoms. The zero-order valence-electron chi connectivity index (χ0n) is 16.7. The van der Waals surface area contributed by atoms with E-state index in [4.69, 9.17) is 4.74 Å². The summed E-state index contributed by atoms with van der Waals surface area (Å²) in [4.78, 5) is 17.1. The Balaban J connectivity index is 1.37. The number of para-hydroxylation sites is 1. The molecule has 2 aliphatic rings. The van der Waals surface area contributed by atoms with E-state index in [0.29, 0.717) is 43.9 Å². The molecule has 2 heterocycles. The summed E-state index contributed by atoms with van der Waals surface area (Å²) in [5, 5.41) is 0. The van der Waals surface area contributed by atoms with Crippen molar-refractivity contribution < 1.29 is 22.3 Å². The molecule has 2 aromatic rings. The number of benzene rings is 2. The van der Waals surface area contributed by atoms with Crippen LogP contribution in [0.25, 0.3) is 0 Å². The molecule has 1 amide bonds. The topological polar surface area (TPSA) is 66.9 Å². The summed E-state index contributed by atoms with van der Waals surface area (Å²) in [5.74, 6) is 0.583.